The molecular weight excluding hydrogens is 269 g/mol. The van der Waals surface area contributed by atoms with Crippen molar-refractivity contribution in [1.29, 1.82) is 5.26 Å². The van der Waals surface area contributed by atoms with Crippen molar-refractivity contribution >= 4 is 11.8 Å². The Morgan fingerprint density at radius 2 is 1.90 bits per heavy atom. The van der Waals surface area contributed by atoms with Gasteiger partial charge < -0.3 is 0 Å². The summed E-state index contributed by atoms with van der Waals surface area (Å²) in [4.78, 5) is 0.966. The van der Waals surface area contributed by atoms with E-state index in [9.17, 15) is 4.39 Å². The molecule has 0 heterocycles. The van der Waals surface area contributed by atoms with Gasteiger partial charge in [0.25, 0.3) is 0 Å². The van der Waals surface area contributed by atoms with Gasteiger partial charge in [-0.1, -0.05) is 31.5 Å². The minimum Gasteiger partial charge on any atom is -0.206 e. The third-order valence-electron chi connectivity index (χ3n) is 3.03. The molecule has 0 N–H and O–H groups in total. The fourth-order valence-electron chi connectivity index (χ4n) is 1.88. The van der Waals surface area contributed by atoms with Crippen LogP contribution in [0.3, 0.4) is 0 Å². The number of hydrogen-bond acceptors (Lipinski definition) is 2. The molecule has 1 nitrogen and oxygen atoms in total. The van der Waals surface area contributed by atoms with E-state index in [1.807, 2.05) is 12.1 Å². The van der Waals surface area contributed by atoms with E-state index >= 15 is 0 Å². The highest BCUT2D eigenvalue weighted by atomic mass is 32.2. The highest BCUT2D eigenvalue weighted by molar-refractivity contribution is 7.99. The molecule has 0 unspecified atom stereocenters. The van der Waals surface area contributed by atoms with Crippen LogP contribution in [0.15, 0.2) is 47.4 Å². The van der Waals surface area contributed by atoms with Crippen LogP contribution in [0, 0.1) is 17.1 Å². The van der Waals surface area contributed by atoms with Crippen molar-refractivity contribution in [2.75, 3.05) is 5.75 Å². The maximum atomic E-state index is 14.1. The van der Waals surface area contributed by atoms with Gasteiger partial charge >= 0.3 is 0 Å². The average Bonchev–Trinajstić information content (AvgIpc) is 2.48. The van der Waals surface area contributed by atoms with E-state index in [2.05, 4.69) is 13.0 Å². The Hall–Kier alpha value is -1.79. The van der Waals surface area contributed by atoms with Crippen LogP contribution in [-0.4, -0.2) is 5.75 Å². The maximum Gasteiger partial charge on any atom is 0.132 e. The van der Waals surface area contributed by atoms with Gasteiger partial charge in [-0.15, -0.1) is 11.8 Å². The SMILES string of the molecule is CCCCSc1ccc(-c2ccc(C#N)cc2)c(F)c1. The number of benzene rings is 2. The minimum absolute atomic E-state index is 0.212. The number of halogens is 1. The van der Waals surface area contributed by atoms with Crippen molar-refractivity contribution in [3.05, 3.63) is 53.8 Å². The fraction of sp³-hybridized carbons (Fsp3) is 0.235. The van der Waals surface area contributed by atoms with Crippen LogP contribution in [0.1, 0.15) is 25.3 Å². The lowest BCUT2D eigenvalue weighted by Crippen LogP contribution is -1.87. The van der Waals surface area contributed by atoms with Gasteiger partial charge in [0.1, 0.15) is 5.82 Å². The van der Waals surface area contributed by atoms with Gasteiger partial charge in [0.2, 0.25) is 0 Å². The van der Waals surface area contributed by atoms with Crippen molar-refractivity contribution < 1.29 is 4.39 Å². The van der Waals surface area contributed by atoms with E-state index in [0.717, 1.165) is 29.1 Å². The molecule has 0 aromatic heterocycles. The van der Waals surface area contributed by atoms with Gasteiger partial charge in [0.05, 0.1) is 11.6 Å². The number of nitrogens with zero attached hydrogens (tertiary/aromatic N) is 1. The van der Waals surface area contributed by atoms with E-state index in [1.54, 1.807) is 42.1 Å². The summed E-state index contributed by atoms with van der Waals surface area (Å²) in [5.41, 5.74) is 1.96. The standard InChI is InChI=1S/C17H16FNS/c1-2-3-10-20-15-8-9-16(17(18)11-15)14-6-4-13(12-19)5-7-14/h4-9,11H,2-3,10H2,1H3. The van der Waals surface area contributed by atoms with Crippen LogP contribution in [0.25, 0.3) is 11.1 Å². The number of rotatable bonds is 5. The Labute approximate surface area is 123 Å². The lowest BCUT2D eigenvalue weighted by atomic mass is 10.0. The number of nitriles is 1. The molecule has 0 spiro atoms. The second-order valence-electron chi connectivity index (χ2n) is 4.53. The van der Waals surface area contributed by atoms with Gasteiger partial charge in [-0.3, -0.25) is 0 Å². The van der Waals surface area contributed by atoms with E-state index in [0.29, 0.717) is 11.1 Å². The molecule has 102 valence electrons. The normalized spacial score (nSPS) is 10.2. The predicted octanol–water partition coefficient (Wildman–Crippen LogP) is 5.26. The number of unbranched alkanes of at least 4 members (excludes halogenated alkanes) is 1. The number of thioether (sulfide) groups is 1. The second kappa shape index (κ2) is 7.12. The lowest BCUT2D eigenvalue weighted by molar-refractivity contribution is 0.628. The van der Waals surface area contributed by atoms with Gasteiger partial charge in [-0.2, -0.15) is 5.26 Å². The molecule has 0 aliphatic carbocycles. The molecule has 2 rings (SSSR count). The summed E-state index contributed by atoms with van der Waals surface area (Å²) in [5.74, 6) is 0.808. The number of hydrogen-bond donors (Lipinski definition) is 0. The zero-order valence-corrected chi connectivity index (χ0v) is 12.2. The molecule has 0 radical (unpaired) electrons. The Morgan fingerprint density at radius 3 is 2.50 bits per heavy atom. The topological polar surface area (TPSA) is 23.8 Å². The first-order valence-electron chi connectivity index (χ1n) is 6.67. The van der Waals surface area contributed by atoms with Gasteiger partial charge in [-0.25, -0.2) is 4.39 Å². The first-order valence-corrected chi connectivity index (χ1v) is 7.66. The first-order chi connectivity index (χ1) is 9.74. The van der Waals surface area contributed by atoms with Crippen LogP contribution in [0.2, 0.25) is 0 Å². The molecule has 20 heavy (non-hydrogen) atoms. The minimum atomic E-state index is -0.212. The van der Waals surface area contributed by atoms with E-state index in [1.165, 1.54) is 0 Å². The molecule has 0 saturated carbocycles. The van der Waals surface area contributed by atoms with Crippen LogP contribution < -0.4 is 0 Å². The Kier molecular flexibility index (Phi) is 5.20. The van der Waals surface area contributed by atoms with Gasteiger partial charge in [0, 0.05) is 10.5 Å². The molecule has 0 aliphatic heterocycles. The second-order valence-corrected chi connectivity index (χ2v) is 5.70. The highest BCUT2D eigenvalue weighted by Crippen LogP contribution is 2.28. The summed E-state index contributed by atoms with van der Waals surface area (Å²) in [6.07, 6.45) is 2.29. The summed E-state index contributed by atoms with van der Waals surface area (Å²) in [6.45, 7) is 2.15. The molecule has 0 amide bonds. The fourth-order valence-corrected chi connectivity index (χ4v) is 2.90. The van der Waals surface area contributed by atoms with Crippen molar-refractivity contribution in [2.24, 2.45) is 0 Å². The van der Waals surface area contributed by atoms with Crippen LogP contribution in [0.5, 0.6) is 0 Å². The Bertz CT molecular complexity index is 614. The van der Waals surface area contributed by atoms with Crippen LogP contribution in [-0.2, 0) is 0 Å². The third-order valence-corrected chi connectivity index (χ3v) is 4.11. The van der Waals surface area contributed by atoms with Crippen molar-refractivity contribution in [3.8, 4) is 17.2 Å². The Balaban J connectivity index is 2.18. The maximum absolute atomic E-state index is 14.1. The lowest BCUT2D eigenvalue weighted by Gasteiger charge is -2.06. The van der Waals surface area contributed by atoms with E-state index in [4.69, 9.17) is 5.26 Å². The molecule has 0 atom stereocenters. The summed E-state index contributed by atoms with van der Waals surface area (Å²) >= 11 is 1.69. The summed E-state index contributed by atoms with van der Waals surface area (Å²) in [7, 11) is 0. The zero-order chi connectivity index (χ0) is 14.4. The first kappa shape index (κ1) is 14.6. The van der Waals surface area contributed by atoms with Gasteiger partial charge in [-0.05, 0) is 42.0 Å². The zero-order valence-electron chi connectivity index (χ0n) is 11.4. The molecule has 3 heteroatoms. The largest absolute Gasteiger partial charge is 0.206 e. The molecule has 0 aliphatic rings. The van der Waals surface area contributed by atoms with Crippen molar-refractivity contribution in [2.45, 2.75) is 24.7 Å². The molecule has 0 saturated heterocycles. The smallest absolute Gasteiger partial charge is 0.132 e. The highest BCUT2D eigenvalue weighted by Gasteiger charge is 2.06. The van der Waals surface area contributed by atoms with Crippen LogP contribution in [0.4, 0.5) is 4.39 Å². The summed E-state index contributed by atoms with van der Waals surface area (Å²) in [6, 6.07) is 14.4. The van der Waals surface area contributed by atoms with E-state index in [-0.39, 0.29) is 5.82 Å². The predicted molar refractivity (Wildman–Crippen MR) is 82.2 cm³/mol. The monoisotopic (exact) mass is 285 g/mol. The third kappa shape index (κ3) is 3.61. The molecule has 0 bridgehead atoms. The summed E-state index contributed by atoms with van der Waals surface area (Å²) in [5, 5.41) is 8.77. The molecule has 0 fully saturated rings. The van der Waals surface area contributed by atoms with Crippen LogP contribution >= 0.6 is 11.8 Å². The van der Waals surface area contributed by atoms with Gasteiger partial charge in [0.15, 0.2) is 0 Å². The quantitative estimate of drug-likeness (QED) is 0.553. The Morgan fingerprint density at radius 1 is 1.15 bits per heavy atom. The van der Waals surface area contributed by atoms with Crippen molar-refractivity contribution in [1.82, 2.24) is 0 Å². The van der Waals surface area contributed by atoms with E-state index < -0.39 is 0 Å². The summed E-state index contributed by atoms with van der Waals surface area (Å²) < 4.78 is 14.1. The molecule has 2 aromatic carbocycles. The van der Waals surface area contributed by atoms with Crippen molar-refractivity contribution in [3.63, 3.8) is 0 Å². The molecule has 2 aromatic rings. The average molecular weight is 285 g/mol. The molecular formula is C17H16FNS.